The van der Waals surface area contributed by atoms with Crippen molar-refractivity contribution < 1.29 is 28.7 Å². The van der Waals surface area contributed by atoms with E-state index in [1.807, 2.05) is 42.5 Å². The zero-order chi connectivity index (χ0) is 22.9. The number of hydrogen-bond acceptors (Lipinski definition) is 6. The summed E-state index contributed by atoms with van der Waals surface area (Å²) in [7, 11) is 0. The van der Waals surface area contributed by atoms with Gasteiger partial charge in [-0.2, -0.15) is 0 Å². The standard InChI is InChI=1S/C24H23N3O6/c28-20-9-8-18(22(29)26-20)27-12-16-7-6-14(10-17(16)23(27)30)11-25-24(31)33-19-13-32-21(19)15-4-2-1-3-5-15/h1-7,10,18-19,21H,8-9,11-13H2,(H,25,31)(H,26,28,29)/t18?,19-,21-/m1/s1. The summed E-state index contributed by atoms with van der Waals surface area (Å²) in [6, 6.07) is 14.3. The first-order valence-electron chi connectivity index (χ1n) is 10.9. The third kappa shape index (κ3) is 4.19. The average Bonchev–Trinajstić information content (AvgIpc) is 3.12. The topological polar surface area (TPSA) is 114 Å². The molecular weight excluding hydrogens is 426 g/mol. The summed E-state index contributed by atoms with van der Waals surface area (Å²) >= 11 is 0. The first-order chi connectivity index (χ1) is 16.0. The van der Waals surface area contributed by atoms with Gasteiger partial charge in [-0.1, -0.05) is 42.5 Å². The lowest BCUT2D eigenvalue weighted by molar-refractivity contribution is -0.166. The molecule has 0 bridgehead atoms. The van der Waals surface area contributed by atoms with E-state index in [4.69, 9.17) is 9.47 Å². The summed E-state index contributed by atoms with van der Waals surface area (Å²) in [5.74, 6) is -1.00. The molecule has 0 saturated carbocycles. The summed E-state index contributed by atoms with van der Waals surface area (Å²) < 4.78 is 11.0. The van der Waals surface area contributed by atoms with E-state index in [1.165, 1.54) is 4.90 Å². The molecule has 2 N–H and O–H groups in total. The molecule has 3 aliphatic heterocycles. The Morgan fingerprint density at radius 2 is 1.97 bits per heavy atom. The van der Waals surface area contributed by atoms with E-state index in [0.29, 0.717) is 25.1 Å². The smallest absolute Gasteiger partial charge is 0.407 e. The van der Waals surface area contributed by atoms with Gasteiger partial charge in [-0.05, 0) is 29.2 Å². The van der Waals surface area contributed by atoms with E-state index >= 15 is 0 Å². The van der Waals surface area contributed by atoms with Crippen LogP contribution < -0.4 is 10.6 Å². The zero-order valence-corrected chi connectivity index (χ0v) is 17.8. The minimum Gasteiger partial charge on any atom is -0.441 e. The number of rotatable bonds is 5. The maximum atomic E-state index is 12.9. The second-order valence-corrected chi connectivity index (χ2v) is 8.35. The summed E-state index contributed by atoms with van der Waals surface area (Å²) in [5.41, 5.74) is 3.02. The molecule has 0 aromatic heterocycles. The number of fused-ring (bicyclic) bond motifs is 1. The Labute approximate surface area is 190 Å². The van der Waals surface area contributed by atoms with Crippen molar-refractivity contribution in [1.82, 2.24) is 15.5 Å². The van der Waals surface area contributed by atoms with Gasteiger partial charge in [0.1, 0.15) is 12.1 Å². The number of nitrogens with zero attached hydrogens (tertiary/aromatic N) is 1. The second kappa shape index (κ2) is 8.67. The van der Waals surface area contributed by atoms with Crippen molar-refractivity contribution in [3.8, 4) is 0 Å². The highest BCUT2D eigenvalue weighted by Crippen LogP contribution is 2.32. The highest BCUT2D eigenvalue weighted by atomic mass is 16.6. The third-order valence-electron chi connectivity index (χ3n) is 6.19. The Morgan fingerprint density at radius 1 is 1.15 bits per heavy atom. The van der Waals surface area contributed by atoms with Crippen LogP contribution in [0.2, 0.25) is 0 Å². The van der Waals surface area contributed by atoms with Crippen LogP contribution in [-0.4, -0.2) is 47.5 Å². The predicted octanol–water partition coefficient (Wildman–Crippen LogP) is 1.81. The van der Waals surface area contributed by atoms with Crippen molar-refractivity contribution in [3.63, 3.8) is 0 Å². The van der Waals surface area contributed by atoms with E-state index in [0.717, 1.165) is 16.7 Å². The summed E-state index contributed by atoms with van der Waals surface area (Å²) in [5, 5.41) is 5.01. The predicted molar refractivity (Wildman–Crippen MR) is 115 cm³/mol. The highest BCUT2D eigenvalue weighted by Gasteiger charge is 2.39. The number of carbonyl (C=O) groups is 4. The third-order valence-corrected chi connectivity index (χ3v) is 6.19. The normalized spacial score (nSPS) is 24.1. The van der Waals surface area contributed by atoms with E-state index < -0.39 is 18.0 Å². The van der Waals surface area contributed by atoms with Gasteiger partial charge >= 0.3 is 6.09 Å². The molecule has 170 valence electrons. The summed E-state index contributed by atoms with van der Waals surface area (Å²) in [6.45, 7) is 0.858. The Balaban J connectivity index is 1.17. The molecule has 4 amide bonds. The molecule has 0 radical (unpaired) electrons. The molecule has 3 atom stereocenters. The maximum Gasteiger partial charge on any atom is 0.407 e. The number of imide groups is 1. The largest absolute Gasteiger partial charge is 0.441 e. The van der Waals surface area contributed by atoms with Crippen molar-refractivity contribution >= 4 is 23.8 Å². The second-order valence-electron chi connectivity index (χ2n) is 8.35. The lowest BCUT2D eigenvalue weighted by Crippen LogP contribution is -2.52. The molecule has 2 fully saturated rings. The molecule has 0 aliphatic carbocycles. The minimum atomic E-state index is -0.651. The molecule has 0 spiro atoms. The van der Waals surface area contributed by atoms with Gasteiger partial charge in [0.05, 0.1) is 6.61 Å². The number of ether oxygens (including phenoxy) is 2. The molecule has 3 aliphatic rings. The van der Waals surface area contributed by atoms with Crippen molar-refractivity contribution in [2.24, 2.45) is 0 Å². The highest BCUT2D eigenvalue weighted by molar-refractivity contribution is 6.05. The van der Waals surface area contributed by atoms with Crippen LogP contribution in [0.1, 0.15) is 46.0 Å². The van der Waals surface area contributed by atoms with Crippen molar-refractivity contribution in [2.75, 3.05) is 6.61 Å². The molecule has 5 rings (SSSR count). The summed E-state index contributed by atoms with van der Waals surface area (Å²) in [4.78, 5) is 50.3. The van der Waals surface area contributed by atoms with Crippen LogP contribution in [0.5, 0.6) is 0 Å². The molecule has 2 aromatic rings. The van der Waals surface area contributed by atoms with Crippen LogP contribution >= 0.6 is 0 Å². The van der Waals surface area contributed by atoms with Gasteiger partial charge in [0, 0.05) is 25.1 Å². The molecule has 1 unspecified atom stereocenters. The molecule has 33 heavy (non-hydrogen) atoms. The van der Waals surface area contributed by atoms with Crippen molar-refractivity contribution in [2.45, 2.75) is 44.2 Å². The quantitative estimate of drug-likeness (QED) is 0.673. The van der Waals surface area contributed by atoms with Gasteiger partial charge in [0.2, 0.25) is 11.8 Å². The van der Waals surface area contributed by atoms with Gasteiger partial charge in [0.15, 0.2) is 6.10 Å². The lowest BCUT2D eigenvalue weighted by Gasteiger charge is -2.36. The number of hydrogen-bond donors (Lipinski definition) is 2. The zero-order valence-electron chi connectivity index (χ0n) is 17.8. The lowest BCUT2D eigenvalue weighted by atomic mass is 10.0. The molecular formula is C24H23N3O6. The van der Waals surface area contributed by atoms with E-state index in [-0.39, 0.29) is 37.0 Å². The first-order valence-corrected chi connectivity index (χ1v) is 10.9. The van der Waals surface area contributed by atoms with Crippen LogP contribution in [0.25, 0.3) is 0 Å². The number of amides is 4. The fourth-order valence-corrected chi connectivity index (χ4v) is 4.39. The molecule has 2 saturated heterocycles. The van der Waals surface area contributed by atoms with Gasteiger partial charge in [0.25, 0.3) is 5.91 Å². The monoisotopic (exact) mass is 449 g/mol. The van der Waals surface area contributed by atoms with Crippen LogP contribution in [0.15, 0.2) is 48.5 Å². The van der Waals surface area contributed by atoms with E-state index in [2.05, 4.69) is 10.6 Å². The Morgan fingerprint density at radius 3 is 2.70 bits per heavy atom. The Kier molecular flexibility index (Phi) is 5.55. The van der Waals surface area contributed by atoms with Crippen molar-refractivity contribution in [1.29, 1.82) is 0 Å². The van der Waals surface area contributed by atoms with Crippen LogP contribution in [0, 0.1) is 0 Å². The molecule has 9 nitrogen and oxygen atoms in total. The summed E-state index contributed by atoms with van der Waals surface area (Å²) in [6.07, 6.45) is -0.644. The maximum absolute atomic E-state index is 12.9. The Hall–Kier alpha value is -3.72. The fraction of sp³-hybridized carbons (Fsp3) is 0.333. The van der Waals surface area contributed by atoms with E-state index in [9.17, 15) is 19.2 Å². The van der Waals surface area contributed by atoms with Gasteiger partial charge in [-0.15, -0.1) is 0 Å². The van der Waals surface area contributed by atoms with Crippen molar-refractivity contribution in [3.05, 3.63) is 70.8 Å². The number of piperidine rings is 1. The SMILES string of the molecule is O=C1CCC(N2Cc3ccc(CNC(=O)O[C@@H]4CO[C@@H]4c4ccccc4)cc3C2=O)C(=O)N1. The number of alkyl carbamates (subject to hydrolysis) is 1. The molecule has 2 aromatic carbocycles. The number of benzene rings is 2. The molecule has 9 heteroatoms. The molecule has 3 heterocycles. The van der Waals surface area contributed by atoms with Crippen LogP contribution in [0.3, 0.4) is 0 Å². The van der Waals surface area contributed by atoms with Crippen LogP contribution in [0.4, 0.5) is 4.79 Å². The van der Waals surface area contributed by atoms with Gasteiger partial charge in [-0.3, -0.25) is 19.7 Å². The number of nitrogens with one attached hydrogen (secondary N) is 2. The minimum absolute atomic E-state index is 0.196. The van der Waals surface area contributed by atoms with Gasteiger partial charge < -0.3 is 19.7 Å². The first kappa shape index (κ1) is 21.1. The average molecular weight is 449 g/mol. The van der Waals surface area contributed by atoms with Gasteiger partial charge in [-0.25, -0.2) is 4.79 Å². The number of carbonyl (C=O) groups excluding carboxylic acids is 4. The van der Waals surface area contributed by atoms with E-state index in [1.54, 1.807) is 6.07 Å². The Bertz CT molecular complexity index is 1120. The fourth-order valence-electron chi connectivity index (χ4n) is 4.39. The van der Waals surface area contributed by atoms with Crippen LogP contribution in [-0.2, 0) is 32.2 Å².